The molecule has 1 saturated carbocycles. The highest BCUT2D eigenvalue weighted by molar-refractivity contribution is 5.96. The van der Waals surface area contributed by atoms with Gasteiger partial charge < -0.3 is 24.6 Å². The molecule has 2 amide bonds. The Morgan fingerprint density at radius 2 is 1.81 bits per heavy atom. The molecule has 8 heteroatoms. The van der Waals surface area contributed by atoms with Crippen molar-refractivity contribution in [1.29, 1.82) is 0 Å². The lowest BCUT2D eigenvalue weighted by molar-refractivity contribution is -0.157. The smallest absolute Gasteiger partial charge is 0.312 e. The van der Waals surface area contributed by atoms with Gasteiger partial charge in [-0.25, -0.2) is 0 Å². The summed E-state index contributed by atoms with van der Waals surface area (Å²) >= 11 is 0. The van der Waals surface area contributed by atoms with Crippen LogP contribution in [0.2, 0.25) is 0 Å². The molecule has 2 heterocycles. The zero-order valence-electron chi connectivity index (χ0n) is 18.0. The number of ether oxygens (including phenoxy) is 2. The molecule has 1 aromatic carbocycles. The van der Waals surface area contributed by atoms with Gasteiger partial charge >= 0.3 is 5.97 Å². The molecular weight excluding hydrogens is 398 g/mol. The number of anilines is 2. The lowest BCUT2D eigenvalue weighted by Gasteiger charge is -2.29. The first-order chi connectivity index (χ1) is 15.0. The fraction of sp³-hybridized carbons (Fsp3) is 0.609. The minimum absolute atomic E-state index is 0.0197. The Morgan fingerprint density at radius 3 is 2.48 bits per heavy atom. The van der Waals surface area contributed by atoms with Gasteiger partial charge in [0.2, 0.25) is 5.91 Å². The third kappa shape index (κ3) is 5.18. The van der Waals surface area contributed by atoms with Crippen LogP contribution in [0.4, 0.5) is 11.4 Å². The molecule has 0 bridgehead atoms. The molecule has 8 nitrogen and oxygen atoms in total. The summed E-state index contributed by atoms with van der Waals surface area (Å²) in [7, 11) is 0. The number of esters is 1. The van der Waals surface area contributed by atoms with Crippen LogP contribution in [-0.4, -0.2) is 67.7 Å². The van der Waals surface area contributed by atoms with Crippen LogP contribution in [0.5, 0.6) is 0 Å². The van der Waals surface area contributed by atoms with Gasteiger partial charge in [0.1, 0.15) is 0 Å². The monoisotopic (exact) mass is 429 g/mol. The average molecular weight is 430 g/mol. The molecule has 31 heavy (non-hydrogen) atoms. The molecule has 2 saturated heterocycles. The van der Waals surface area contributed by atoms with Crippen LogP contribution in [-0.2, 0) is 23.9 Å². The summed E-state index contributed by atoms with van der Waals surface area (Å²) in [5, 5.41) is 2.79. The fourth-order valence-electron chi connectivity index (χ4n) is 4.60. The van der Waals surface area contributed by atoms with Crippen LogP contribution < -0.4 is 10.2 Å². The number of carbonyl (C=O) groups is 3. The Bertz CT molecular complexity index is 800. The minimum Gasteiger partial charge on any atom is -0.452 e. The van der Waals surface area contributed by atoms with Gasteiger partial charge in [-0.3, -0.25) is 14.4 Å². The maximum atomic E-state index is 12.5. The number of hydrogen-bond donors (Lipinski definition) is 1. The normalized spacial score (nSPS) is 23.1. The lowest BCUT2D eigenvalue weighted by Crippen LogP contribution is -2.36. The number of hydrogen-bond acceptors (Lipinski definition) is 6. The Labute approximate surface area is 182 Å². The topological polar surface area (TPSA) is 88.2 Å². The molecule has 0 radical (unpaired) electrons. The van der Waals surface area contributed by atoms with Crippen molar-refractivity contribution in [2.45, 2.75) is 51.2 Å². The van der Waals surface area contributed by atoms with Gasteiger partial charge in [0.15, 0.2) is 6.10 Å². The van der Waals surface area contributed by atoms with Crippen LogP contribution in [0.25, 0.3) is 0 Å². The number of nitrogens with zero attached hydrogens (tertiary/aromatic N) is 2. The van der Waals surface area contributed by atoms with E-state index < -0.39 is 18.0 Å². The molecule has 1 aliphatic carbocycles. The standard InChI is InChI=1S/C23H31N3O5/c1-16(31-23(29)17-14-21(27)26(15-17)20-4-2-3-5-20)22(28)24-18-6-8-19(9-7-18)25-10-12-30-13-11-25/h6-9,16-17,20H,2-5,10-15H2,1H3,(H,24,28)/t16-,17-/m1/s1. The highest BCUT2D eigenvalue weighted by Crippen LogP contribution is 2.30. The zero-order valence-corrected chi connectivity index (χ0v) is 18.0. The molecule has 2 aliphatic heterocycles. The van der Waals surface area contributed by atoms with E-state index in [1.807, 2.05) is 29.2 Å². The quantitative estimate of drug-likeness (QED) is 0.698. The lowest BCUT2D eigenvalue weighted by atomic mass is 10.1. The molecule has 168 valence electrons. The van der Waals surface area contributed by atoms with Gasteiger partial charge in [-0.05, 0) is 44.0 Å². The van der Waals surface area contributed by atoms with Crippen molar-refractivity contribution in [1.82, 2.24) is 4.90 Å². The molecule has 0 spiro atoms. The number of likely N-dealkylation sites (tertiary alicyclic amines) is 1. The summed E-state index contributed by atoms with van der Waals surface area (Å²) in [5.41, 5.74) is 1.73. The third-order valence-electron chi connectivity index (χ3n) is 6.43. The molecule has 3 fully saturated rings. The Kier molecular flexibility index (Phi) is 6.75. The summed E-state index contributed by atoms with van der Waals surface area (Å²) in [4.78, 5) is 41.4. The average Bonchev–Trinajstić information content (AvgIpc) is 3.44. The minimum atomic E-state index is -0.929. The Balaban J connectivity index is 1.26. The van der Waals surface area contributed by atoms with Gasteiger partial charge in [0, 0.05) is 43.5 Å². The Morgan fingerprint density at radius 1 is 1.13 bits per heavy atom. The number of morpholine rings is 1. The van der Waals surface area contributed by atoms with Gasteiger partial charge in [-0.15, -0.1) is 0 Å². The molecule has 0 unspecified atom stereocenters. The first-order valence-corrected chi connectivity index (χ1v) is 11.2. The highest BCUT2D eigenvalue weighted by atomic mass is 16.5. The van der Waals surface area contributed by atoms with Crippen molar-refractivity contribution >= 4 is 29.2 Å². The number of rotatable bonds is 6. The summed E-state index contributed by atoms with van der Waals surface area (Å²) in [5.74, 6) is -1.33. The van der Waals surface area contributed by atoms with Crippen LogP contribution in [0, 0.1) is 5.92 Å². The second kappa shape index (κ2) is 9.68. The molecular formula is C23H31N3O5. The largest absolute Gasteiger partial charge is 0.452 e. The maximum Gasteiger partial charge on any atom is 0.312 e. The Hall–Kier alpha value is -2.61. The molecule has 0 aromatic heterocycles. The summed E-state index contributed by atoms with van der Waals surface area (Å²) in [6, 6.07) is 7.85. The first-order valence-electron chi connectivity index (χ1n) is 11.2. The van der Waals surface area contributed by atoms with Crippen molar-refractivity contribution in [2.75, 3.05) is 43.1 Å². The van der Waals surface area contributed by atoms with Gasteiger partial charge in [0.05, 0.1) is 19.1 Å². The molecule has 4 rings (SSSR count). The van der Waals surface area contributed by atoms with E-state index in [0.29, 0.717) is 25.4 Å². The molecule has 1 N–H and O–H groups in total. The van der Waals surface area contributed by atoms with Gasteiger partial charge in [-0.1, -0.05) is 12.8 Å². The van der Waals surface area contributed by atoms with Crippen molar-refractivity contribution in [3.63, 3.8) is 0 Å². The molecule has 2 atom stereocenters. The fourth-order valence-corrected chi connectivity index (χ4v) is 4.60. The number of amides is 2. The van der Waals surface area contributed by atoms with E-state index in [4.69, 9.17) is 9.47 Å². The zero-order chi connectivity index (χ0) is 21.8. The van der Waals surface area contributed by atoms with E-state index in [1.54, 1.807) is 6.92 Å². The molecule has 3 aliphatic rings. The maximum absolute atomic E-state index is 12.5. The van der Waals surface area contributed by atoms with E-state index in [2.05, 4.69) is 10.2 Å². The van der Waals surface area contributed by atoms with E-state index in [1.165, 1.54) is 0 Å². The number of benzene rings is 1. The predicted molar refractivity (Wildman–Crippen MR) is 116 cm³/mol. The summed E-state index contributed by atoms with van der Waals surface area (Å²) in [6.07, 6.45) is 3.53. The van der Waals surface area contributed by atoms with E-state index in [9.17, 15) is 14.4 Å². The van der Waals surface area contributed by atoms with Crippen molar-refractivity contribution in [3.8, 4) is 0 Å². The predicted octanol–water partition coefficient (Wildman–Crippen LogP) is 2.18. The van der Waals surface area contributed by atoms with E-state index in [-0.39, 0.29) is 24.3 Å². The van der Waals surface area contributed by atoms with Crippen LogP contribution in [0.15, 0.2) is 24.3 Å². The SMILES string of the molecule is C[C@@H](OC(=O)[C@@H]1CC(=O)N(C2CCCC2)C1)C(=O)Nc1ccc(N2CCOCC2)cc1. The number of nitrogens with one attached hydrogen (secondary N) is 1. The van der Waals surface area contributed by atoms with Crippen molar-refractivity contribution in [2.24, 2.45) is 5.92 Å². The second-order valence-electron chi connectivity index (χ2n) is 8.60. The summed E-state index contributed by atoms with van der Waals surface area (Å²) in [6.45, 7) is 5.08. The van der Waals surface area contributed by atoms with E-state index in [0.717, 1.165) is 44.5 Å². The van der Waals surface area contributed by atoms with Crippen LogP contribution >= 0.6 is 0 Å². The van der Waals surface area contributed by atoms with Crippen LogP contribution in [0.1, 0.15) is 39.0 Å². The molecule has 1 aromatic rings. The second-order valence-corrected chi connectivity index (χ2v) is 8.60. The van der Waals surface area contributed by atoms with Crippen molar-refractivity contribution in [3.05, 3.63) is 24.3 Å². The first kappa shape index (κ1) is 21.6. The van der Waals surface area contributed by atoms with Crippen molar-refractivity contribution < 1.29 is 23.9 Å². The summed E-state index contributed by atoms with van der Waals surface area (Å²) < 4.78 is 10.8. The van der Waals surface area contributed by atoms with Gasteiger partial charge in [0.25, 0.3) is 5.91 Å². The van der Waals surface area contributed by atoms with Crippen LogP contribution in [0.3, 0.4) is 0 Å². The third-order valence-corrected chi connectivity index (χ3v) is 6.43. The van der Waals surface area contributed by atoms with Gasteiger partial charge in [-0.2, -0.15) is 0 Å². The number of carbonyl (C=O) groups excluding carboxylic acids is 3. The van der Waals surface area contributed by atoms with E-state index >= 15 is 0 Å². The highest BCUT2D eigenvalue weighted by Gasteiger charge is 2.40.